The van der Waals surface area contributed by atoms with Gasteiger partial charge in [-0.15, -0.1) is 0 Å². The van der Waals surface area contributed by atoms with Crippen molar-refractivity contribution in [2.75, 3.05) is 13.2 Å². The molecule has 1 unspecified atom stereocenters. The van der Waals surface area contributed by atoms with E-state index in [0.717, 1.165) is 31.7 Å². The van der Waals surface area contributed by atoms with Crippen molar-refractivity contribution in [3.8, 4) is 0 Å². The summed E-state index contributed by atoms with van der Waals surface area (Å²) < 4.78 is 5.84. The van der Waals surface area contributed by atoms with Crippen LogP contribution in [0.3, 0.4) is 0 Å². The molecular formula is C14H24N2O. The van der Waals surface area contributed by atoms with Crippen molar-refractivity contribution < 1.29 is 4.74 Å². The summed E-state index contributed by atoms with van der Waals surface area (Å²) in [4.78, 5) is 4.28. The van der Waals surface area contributed by atoms with Crippen molar-refractivity contribution in [1.82, 2.24) is 10.3 Å². The summed E-state index contributed by atoms with van der Waals surface area (Å²) in [5, 5.41) is 3.40. The SMILES string of the molecule is CCC(CNC(C)C)OCCc1ccccn1. The Morgan fingerprint density at radius 3 is 2.76 bits per heavy atom. The summed E-state index contributed by atoms with van der Waals surface area (Å²) in [6.45, 7) is 8.14. The highest BCUT2D eigenvalue weighted by atomic mass is 16.5. The van der Waals surface area contributed by atoms with Gasteiger partial charge in [-0.25, -0.2) is 0 Å². The fraction of sp³-hybridized carbons (Fsp3) is 0.643. The number of pyridine rings is 1. The molecule has 0 bridgehead atoms. The molecule has 1 rings (SSSR count). The molecule has 0 aliphatic carbocycles. The molecule has 96 valence electrons. The van der Waals surface area contributed by atoms with Crippen LogP contribution in [0, 0.1) is 0 Å². The van der Waals surface area contributed by atoms with Crippen LogP contribution in [0.1, 0.15) is 32.9 Å². The maximum absolute atomic E-state index is 5.84. The molecule has 0 spiro atoms. The molecule has 1 atom stereocenters. The first kappa shape index (κ1) is 14.1. The summed E-state index contributed by atoms with van der Waals surface area (Å²) in [6.07, 6.45) is 4.06. The first-order chi connectivity index (χ1) is 8.22. The van der Waals surface area contributed by atoms with E-state index in [-0.39, 0.29) is 0 Å². The predicted octanol–water partition coefficient (Wildman–Crippen LogP) is 2.42. The average Bonchev–Trinajstić information content (AvgIpc) is 2.34. The Balaban J connectivity index is 2.19. The third-order valence-corrected chi connectivity index (χ3v) is 2.65. The average molecular weight is 236 g/mol. The lowest BCUT2D eigenvalue weighted by Gasteiger charge is -2.18. The molecule has 0 radical (unpaired) electrons. The zero-order valence-corrected chi connectivity index (χ0v) is 11.1. The molecule has 1 aromatic rings. The van der Waals surface area contributed by atoms with Gasteiger partial charge in [0.15, 0.2) is 0 Å². The van der Waals surface area contributed by atoms with Crippen molar-refractivity contribution in [1.29, 1.82) is 0 Å². The lowest BCUT2D eigenvalue weighted by atomic mass is 10.2. The number of hydrogen-bond donors (Lipinski definition) is 1. The number of nitrogens with zero attached hydrogens (tertiary/aromatic N) is 1. The van der Waals surface area contributed by atoms with Crippen LogP contribution in [-0.2, 0) is 11.2 Å². The molecule has 0 saturated carbocycles. The Hall–Kier alpha value is -0.930. The number of ether oxygens (including phenoxy) is 1. The quantitative estimate of drug-likeness (QED) is 0.752. The number of rotatable bonds is 8. The number of aromatic nitrogens is 1. The summed E-state index contributed by atoms with van der Waals surface area (Å²) in [5.74, 6) is 0. The number of hydrogen-bond acceptors (Lipinski definition) is 3. The third kappa shape index (κ3) is 6.39. The predicted molar refractivity (Wildman–Crippen MR) is 71.1 cm³/mol. The van der Waals surface area contributed by atoms with Gasteiger partial charge in [0, 0.05) is 30.9 Å². The molecular weight excluding hydrogens is 212 g/mol. The van der Waals surface area contributed by atoms with Gasteiger partial charge in [0.05, 0.1) is 12.7 Å². The highest BCUT2D eigenvalue weighted by Crippen LogP contribution is 2.00. The molecule has 0 aliphatic rings. The zero-order valence-electron chi connectivity index (χ0n) is 11.1. The Labute approximate surface area is 105 Å². The van der Waals surface area contributed by atoms with Crippen molar-refractivity contribution in [3.63, 3.8) is 0 Å². The highest BCUT2D eigenvalue weighted by molar-refractivity contribution is 5.03. The summed E-state index contributed by atoms with van der Waals surface area (Å²) >= 11 is 0. The lowest BCUT2D eigenvalue weighted by molar-refractivity contribution is 0.0512. The minimum Gasteiger partial charge on any atom is -0.377 e. The first-order valence-electron chi connectivity index (χ1n) is 6.47. The fourth-order valence-electron chi connectivity index (χ4n) is 1.56. The van der Waals surface area contributed by atoms with Crippen LogP contribution in [0.4, 0.5) is 0 Å². The van der Waals surface area contributed by atoms with Gasteiger partial charge in [0.25, 0.3) is 0 Å². The second-order valence-corrected chi connectivity index (χ2v) is 4.54. The van der Waals surface area contributed by atoms with Crippen LogP contribution in [0.5, 0.6) is 0 Å². The summed E-state index contributed by atoms with van der Waals surface area (Å²) in [6, 6.07) is 6.51. The van der Waals surface area contributed by atoms with Crippen LogP contribution in [-0.4, -0.2) is 30.3 Å². The molecule has 17 heavy (non-hydrogen) atoms. The molecule has 0 saturated heterocycles. The smallest absolute Gasteiger partial charge is 0.0697 e. The molecule has 3 heteroatoms. The Morgan fingerprint density at radius 1 is 1.35 bits per heavy atom. The molecule has 0 aromatic carbocycles. The van der Waals surface area contributed by atoms with E-state index in [1.54, 1.807) is 0 Å². The minimum absolute atomic E-state index is 0.307. The Kier molecular flexibility index (Phi) is 6.82. The maximum Gasteiger partial charge on any atom is 0.0697 e. The highest BCUT2D eigenvalue weighted by Gasteiger charge is 2.06. The van der Waals surface area contributed by atoms with E-state index >= 15 is 0 Å². The van der Waals surface area contributed by atoms with Gasteiger partial charge in [-0.2, -0.15) is 0 Å². The van der Waals surface area contributed by atoms with Crippen LogP contribution >= 0.6 is 0 Å². The van der Waals surface area contributed by atoms with Gasteiger partial charge >= 0.3 is 0 Å². The summed E-state index contributed by atoms with van der Waals surface area (Å²) in [5.41, 5.74) is 1.10. The second kappa shape index (κ2) is 8.20. The molecule has 1 aromatic heterocycles. The van der Waals surface area contributed by atoms with Gasteiger partial charge in [0.2, 0.25) is 0 Å². The van der Waals surface area contributed by atoms with Crippen LogP contribution in [0.25, 0.3) is 0 Å². The lowest BCUT2D eigenvalue weighted by Crippen LogP contribution is -2.33. The van der Waals surface area contributed by atoms with E-state index in [2.05, 4.69) is 31.1 Å². The van der Waals surface area contributed by atoms with E-state index in [9.17, 15) is 0 Å². The molecule has 0 fully saturated rings. The van der Waals surface area contributed by atoms with Crippen LogP contribution in [0.2, 0.25) is 0 Å². The maximum atomic E-state index is 5.84. The topological polar surface area (TPSA) is 34.1 Å². The van der Waals surface area contributed by atoms with Crippen molar-refractivity contribution in [2.45, 2.75) is 45.8 Å². The molecule has 0 aliphatic heterocycles. The first-order valence-corrected chi connectivity index (χ1v) is 6.47. The van der Waals surface area contributed by atoms with Crippen molar-refractivity contribution >= 4 is 0 Å². The van der Waals surface area contributed by atoms with E-state index in [1.807, 2.05) is 24.4 Å². The minimum atomic E-state index is 0.307. The van der Waals surface area contributed by atoms with E-state index in [4.69, 9.17) is 4.74 Å². The van der Waals surface area contributed by atoms with Gasteiger partial charge in [0.1, 0.15) is 0 Å². The van der Waals surface area contributed by atoms with Crippen LogP contribution < -0.4 is 5.32 Å². The molecule has 1 N–H and O–H groups in total. The monoisotopic (exact) mass is 236 g/mol. The summed E-state index contributed by atoms with van der Waals surface area (Å²) in [7, 11) is 0. The second-order valence-electron chi connectivity index (χ2n) is 4.54. The molecule has 1 heterocycles. The van der Waals surface area contributed by atoms with Gasteiger partial charge < -0.3 is 10.1 Å². The molecule has 3 nitrogen and oxygen atoms in total. The van der Waals surface area contributed by atoms with Crippen molar-refractivity contribution in [3.05, 3.63) is 30.1 Å². The van der Waals surface area contributed by atoms with Gasteiger partial charge in [-0.3, -0.25) is 4.98 Å². The van der Waals surface area contributed by atoms with Crippen molar-refractivity contribution in [2.24, 2.45) is 0 Å². The Bertz CT molecular complexity index is 288. The van der Waals surface area contributed by atoms with E-state index in [1.165, 1.54) is 0 Å². The normalized spacial score (nSPS) is 12.9. The zero-order chi connectivity index (χ0) is 12.5. The standard InChI is InChI=1S/C14H24N2O/c1-4-14(11-16-12(2)3)17-10-8-13-7-5-6-9-15-13/h5-7,9,12,14,16H,4,8,10-11H2,1-3H3. The number of nitrogens with one attached hydrogen (secondary N) is 1. The largest absolute Gasteiger partial charge is 0.377 e. The van der Waals surface area contributed by atoms with Gasteiger partial charge in [-0.1, -0.05) is 26.8 Å². The third-order valence-electron chi connectivity index (χ3n) is 2.65. The van der Waals surface area contributed by atoms with Gasteiger partial charge in [-0.05, 0) is 18.6 Å². The Morgan fingerprint density at radius 2 is 2.18 bits per heavy atom. The van der Waals surface area contributed by atoms with E-state index < -0.39 is 0 Å². The van der Waals surface area contributed by atoms with E-state index in [0.29, 0.717) is 12.1 Å². The fourth-order valence-corrected chi connectivity index (χ4v) is 1.56. The van der Waals surface area contributed by atoms with Crippen LogP contribution in [0.15, 0.2) is 24.4 Å². The molecule has 0 amide bonds.